The van der Waals surface area contributed by atoms with Gasteiger partial charge in [0.25, 0.3) is 5.91 Å². The van der Waals surface area contributed by atoms with E-state index < -0.39 is 6.04 Å². The number of anilines is 1. The van der Waals surface area contributed by atoms with Gasteiger partial charge in [-0.05, 0) is 43.7 Å². The summed E-state index contributed by atoms with van der Waals surface area (Å²) in [5, 5.41) is 17.1. The molecular formula is C17H18ClN3O2. The standard InChI is InChI=1S/C17H18ClN3O2/c1-11-5-3-4-6-15(11)20-12(2)17(23)21-19-10-13-9-14(18)7-8-16(13)22/h3-10,12,20,22H,1-2H3,(H,21,23)/b19-10-/t12-/m1/s1. The molecule has 0 aliphatic carbocycles. The lowest BCUT2D eigenvalue weighted by molar-refractivity contribution is -0.121. The molecule has 0 radical (unpaired) electrons. The molecule has 0 saturated carbocycles. The predicted octanol–water partition coefficient (Wildman–Crippen LogP) is 3.30. The summed E-state index contributed by atoms with van der Waals surface area (Å²) in [7, 11) is 0. The highest BCUT2D eigenvalue weighted by molar-refractivity contribution is 6.30. The number of phenolic OH excluding ortho intramolecular Hbond substituents is 1. The van der Waals surface area contributed by atoms with E-state index in [1.54, 1.807) is 19.1 Å². The second-order valence-electron chi connectivity index (χ2n) is 5.12. The molecule has 0 saturated heterocycles. The summed E-state index contributed by atoms with van der Waals surface area (Å²) in [6.07, 6.45) is 1.35. The summed E-state index contributed by atoms with van der Waals surface area (Å²) in [6, 6.07) is 11.9. The minimum atomic E-state index is -0.457. The highest BCUT2D eigenvalue weighted by Gasteiger charge is 2.12. The topological polar surface area (TPSA) is 73.7 Å². The number of phenols is 1. The Morgan fingerprint density at radius 2 is 2.04 bits per heavy atom. The highest BCUT2D eigenvalue weighted by atomic mass is 35.5. The largest absolute Gasteiger partial charge is 0.507 e. The fraction of sp³-hybridized carbons (Fsp3) is 0.176. The molecule has 3 N–H and O–H groups in total. The van der Waals surface area contributed by atoms with Gasteiger partial charge in [0.2, 0.25) is 0 Å². The average Bonchev–Trinajstić information content (AvgIpc) is 2.52. The number of rotatable bonds is 5. The molecule has 0 aliphatic rings. The van der Waals surface area contributed by atoms with Gasteiger partial charge in [0.1, 0.15) is 11.8 Å². The maximum Gasteiger partial charge on any atom is 0.262 e. The van der Waals surface area contributed by atoms with Crippen molar-refractivity contribution in [3.63, 3.8) is 0 Å². The fourth-order valence-corrected chi connectivity index (χ4v) is 2.11. The molecule has 6 heteroatoms. The van der Waals surface area contributed by atoms with Gasteiger partial charge in [-0.15, -0.1) is 0 Å². The molecule has 0 unspecified atom stereocenters. The number of aryl methyl sites for hydroxylation is 1. The first kappa shape index (κ1) is 16.8. The maximum absolute atomic E-state index is 12.0. The Balaban J connectivity index is 1.95. The van der Waals surface area contributed by atoms with E-state index in [2.05, 4.69) is 15.8 Å². The first-order valence-corrected chi connectivity index (χ1v) is 7.49. The number of carbonyl (C=O) groups is 1. The quantitative estimate of drug-likeness (QED) is 0.581. The third-order valence-corrected chi connectivity index (χ3v) is 3.51. The number of halogens is 1. The van der Waals surface area contributed by atoms with Gasteiger partial charge in [-0.1, -0.05) is 29.8 Å². The van der Waals surface area contributed by atoms with Gasteiger partial charge in [0.15, 0.2) is 0 Å². The van der Waals surface area contributed by atoms with E-state index in [1.165, 1.54) is 12.3 Å². The van der Waals surface area contributed by atoms with Gasteiger partial charge in [0.05, 0.1) is 6.21 Å². The van der Waals surface area contributed by atoms with E-state index in [-0.39, 0.29) is 11.7 Å². The molecule has 0 heterocycles. The molecular weight excluding hydrogens is 314 g/mol. The molecule has 0 aliphatic heterocycles. The molecule has 2 aromatic carbocycles. The van der Waals surface area contributed by atoms with Gasteiger partial charge in [-0.2, -0.15) is 5.10 Å². The number of amides is 1. The zero-order valence-electron chi connectivity index (χ0n) is 12.9. The minimum absolute atomic E-state index is 0.0403. The second kappa shape index (κ2) is 7.65. The normalized spacial score (nSPS) is 12.1. The lowest BCUT2D eigenvalue weighted by Crippen LogP contribution is -2.35. The Kier molecular flexibility index (Phi) is 5.60. The molecule has 2 aromatic rings. The molecule has 5 nitrogen and oxygen atoms in total. The lowest BCUT2D eigenvalue weighted by atomic mass is 10.2. The molecule has 120 valence electrons. The number of carbonyl (C=O) groups excluding carboxylic acids is 1. The van der Waals surface area contributed by atoms with Crippen LogP contribution in [0.3, 0.4) is 0 Å². The van der Waals surface area contributed by atoms with Crippen LogP contribution in [0, 0.1) is 6.92 Å². The number of nitrogens with zero attached hydrogens (tertiary/aromatic N) is 1. The van der Waals surface area contributed by atoms with E-state index >= 15 is 0 Å². The van der Waals surface area contributed by atoms with Crippen LogP contribution in [0.2, 0.25) is 5.02 Å². The third-order valence-electron chi connectivity index (χ3n) is 3.28. The summed E-state index contributed by atoms with van der Waals surface area (Å²) in [4.78, 5) is 12.0. The maximum atomic E-state index is 12.0. The Morgan fingerprint density at radius 1 is 1.30 bits per heavy atom. The van der Waals surface area contributed by atoms with Crippen LogP contribution in [0.1, 0.15) is 18.1 Å². The van der Waals surface area contributed by atoms with Crippen LogP contribution in [0.5, 0.6) is 5.75 Å². The second-order valence-corrected chi connectivity index (χ2v) is 5.55. The van der Waals surface area contributed by atoms with Crippen LogP contribution in [0.15, 0.2) is 47.6 Å². The summed E-state index contributed by atoms with van der Waals surface area (Å²) in [6.45, 7) is 3.71. The predicted molar refractivity (Wildman–Crippen MR) is 93.1 cm³/mol. The van der Waals surface area contributed by atoms with E-state index in [0.29, 0.717) is 10.6 Å². The number of hydrogen-bond donors (Lipinski definition) is 3. The van der Waals surface area contributed by atoms with Crippen molar-refractivity contribution >= 4 is 29.4 Å². The molecule has 0 bridgehead atoms. The van der Waals surface area contributed by atoms with Gasteiger partial charge in [-0.3, -0.25) is 4.79 Å². The highest BCUT2D eigenvalue weighted by Crippen LogP contribution is 2.19. The molecule has 1 amide bonds. The number of aromatic hydroxyl groups is 1. The summed E-state index contributed by atoms with van der Waals surface area (Å²) < 4.78 is 0. The molecule has 0 fully saturated rings. The van der Waals surface area contributed by atoms with E-state index in [1.807, 2.05) is 31.2 Å². The lowest BCUT2D eigenvalue weighted by Gasteiger charge is -2.15. The molecule has 0 aromatic heterocycles. The number of benzene rings is 2. The fourth-order valence-electron chi connectivity index (χ4n) is 1.92. The molecule has 1 atom stereocenters. The monoisotopic (exact) mass is 331 g/mol. The van der Waals surface area contributed by atoms with Crippen molar-refractivity contribution in [2.75, 3.05) is 5.32 Å². The summed E-state index contributed by atoms with van der Waals surface area (Å²) in [5.41, 5.74) is 4.81. The van der Waals surface area contributed by atoms with Crippen molar-refractivity contribution in [2.24, 2.45) is 5.10 Å². The minimum Gasteiger partial charge on any atom is -0.507 e. The van der Waals surface area contributed by atoms with Gasteiger partial charge >= 0.3 is 0 Å². The molecule has 2 rings (SSSR count). The number of nitrogens with one attached hydrogen (secondary N) is 2. The van der Waals surface area contributed by atoms with Crippen LogP contribution in [0.4, 0.5) is 5.69 Å². The Bertz CT molecular complexity index is 732. The van der Waals surface area contributed by atoms with Crippen LogP contribution in [0.25, 0.3) is 0 Å². The Labute approximate surface area is 140 Å². The van der Waals surface area contributed by atoms with E-state index in [9.17, 15) is 9.90 Å². The van der Waals surface area contributed by atoms with Crippen molar-refractivity contribution in [2.45, 2.75) is 19.9 Å². The summed E-state index contributed by atoms with van der Waals surface area (Å²) >= 11 is 5.84. The number of hydrogen-bond acceptors (Lipinski definition) is 4. The van der Waals surface area contributed by atoms with Gasteiger partial charge < -0.3 is 10.4 Å². The van der Waals surface area contributed by atoms with Crippen LogP contribution < -0.4 is 10.7 Å². The smallest absolute Gasteiger partial charge is 0.262 e. The van der Waals surface area contributed by atoms with Crippen LogP contribution in [-0.4, -0.2) is 23.3 Å². The van der Waals surface area contributed by atoms with Gasteiger partial charge in [-0.25, -0.2) is 5.43 Å². The summed E-state index contributed by atoms with van der Waals surface area (Å²) in [5.74, 6) is -0.246. The van der Waals surface area contributed by atoms with E-state index in [4.69, 9.17) is 11.6 Å². The van der Waals surface area contributed by atoms with Crippen molar-refractivity contribution in [1.82, 2.24) is 5.43 Å². The van der Waals surface area contributed by atoms with Crippen molar-refractivity contribution in [1.29, 1.82) is 0 Å². The molecule has 23 heavy (non-hydrogen) atoms. The van der Waals surface area contributed by atoms with Crippen LogP contribution in [-0.2, 0) is 4.79 Å². The van der Waals surface area contributed by atoms with Gasteiger partial charge in [0, 0.05) is 16.3 Å². The first-order valence-electron chi connectivity index (χ1n) is 7.11. The van der Waals surface area contributed by atoms with Crippen molar-refractivity contribution in [3.05, 3.63) is 58.6 Å². The van der Waals surface area contributed by atoms with Crippen molar-refractivity contribution in [3.8, 4) is 5.75 Å². The van der Waals surface area contributed by atoms with E-state index in [0.717, 1.165) is 11.3 Å². The number of hydrazone groups is 1. The average molecular weight is 332 g/mol. The zero-order valence-corrected chi connectivity index (χ0v) is 13.6. The molecule has 0 spiro atoms. The first-order chi connectivity index (χ1) is 11.0. The Hall–Kier alpha value is -2.53. The van der Waals surface area contributed by atoms with Crippen LogP contribution >= 0.6 is 11.6 Å². The SMILES string of the molecule is Cc1ccccc1N[C@H](C)C(=O)N/N=C\c1cc(Cl)ccc1O. The Morgan fingerprint density at radius 3 is 2.78 bits per heavy atom. The van der Waals surface area contributed by atoms with Crippen molar-refractivity contribution < 1.29 is 9.90 Å². The third kappa shape index (κ3) is 4.72. The number of para-hydroxylation sites is 1. The zero-order chi connectivity index (χ0) is 16.8.